The monoisotopic (exact) mass is 322 g/mol. The molecule has 1 aliphatic carbocycles. The van der Waals surface area contributed by atoms with E-state index in [4.69, 9.17) is 0 Å². The molecule has 1 aliphatic rings. The molecule has 1 heteroatoms. The van der Waals surface area contributed by atoms with Gasteiger partial charge in [-0.2, -0.15) is 0 Å². The first-order valence-corrected chi connectivity index (χ1v) is 8.57. The number of benzene rings is 1. The molecule has 1 aromatic rings. The van der Waals surface area contributed by atoms with Crippen molar-refractivity contribution in [1.82, 2.24) is 0 Å². The smallest absolute Gasteiger partial charge is 0.0454 e. The number of hydrogen-bond donors (Lipinski definition) is 0. The molecule has 2 rings (SSSR count). The molecule has 19 heavy (non-hydrogen) atoms. The van der Waals surface area contributed by atoms with Crippen molar-refractivity contribution in [2.75, 3.05) is 0 Å². The van der Waals surface area contributed by atoms with E-state index in [-0.39, 0.29) is 0 Å². The van der Waals surface area contributed by atoms with Crippen molar-refractivity contribution >= 4 is 15.9 Å². The van der Waals surface area contributed by atoms with Crippen LogP contribution in [0.2, 0.25) is 0 Å². The zero-order valence-electron chi connectivity index (χ0n) is 12.8. The molecule has 0 amide bonds. The molecule has 0 aromatic heterocycles. The van der Waals surface area contributed by atoms with Crippen molar-refractivity contribution in [3.63, 3.8) is 0 Å². The maximum absolute atomic E-state index is 4.07. The highest BCUT2D eigenvalue weighted by molar-refractivity contribution is 9.09. The summed E-state index contributed by atoms with van der Waals surface area (Å²) < 4.78 is 0. The molecule has 1 saturated carbocycles. The van der Waals surface area contributed by atoms with Gasteiger partial charge in [-0.15, -0.1) is 0 Å². The van der Waals surface area contributed by atoms with Crippen LogP contribution in [0.3, 0.4) is 0 Å². The van der Waals surface area contributed by atoms with E-state index in [1.54, 1.807) is 0 Å². The van der Waals surface area contributed by atoms with Gasteiger partial charge < -0.3 is 0 Å². The molecule has 0 saturated heterocycles. The highest BCUT2D eigenvalue weighted by Crippen LogP contribution is 2.55. The van der Waals surface area contributed by atoms with E-state index in [2.05, 4.69) is 61.8 Å². The first-order chi connectivity index (χ1) is 8.94. The van der Waals surface area contributed by atoms with Crippen LogP contribution in [-0.2, 0) is 0 Å². The van der Waals surface area contributed by atoms with Gasteiger partial charge in [0.1, 0.15) is 0 Å². The van der Waals surface area contributed by atoms with E-state index in [9.17, 15) is 0 Å². The van der Waals surface area contributed by atoms with Crippen LogP contribution in [0.5, 0.6) is 0 Å². The maximum atomic E-state index is 4.07. The van der Waals surface area contributed by atoms with Gasteiger partial charge in [0.05, 0.1) is 0 Å². The molecule has 0 nitrogen and oxygen atoms in total. The summed E-state index contributed by atoms with van der Waals surface area (Å²) >= 11 is 4.07. The second-order valence-electron chi connectivity index (χ2n) is 6.89. The zero-order valence-corrected chi connectivity index (χ0v) is 14.4. The third-order valence-electron chi connectivity index (χ3n) is 4.65. The summed E-state index contributed by atoms with van der Waals surface area (Å²) in [4.78, 5) is 0.519. The van der Waals surface area contributed by atoms with Crippen LogP contribution < -0.4 is 0 Å². The van der Waals surface area contributed by atoms with Gasteiger partial charge in [-0.05, 0) is 55.6 Å². The molecule has 1 fully saturated rings. The SMILES string of the molecule is Cc1ccc(C(Br)C2(CC(C)C)CCCC2)c(C)c1. The lowest BCUT2D eigenvalue weighted by Crippen LogP contribution is -2.25. The molecular formula is C18H27Br. The summed E-state index contributed by atoms with van der Waals surface area (Å²) in [5.41, 5.74) is 4.80. The standard InChI is InChI=1S/C18H27Br/c1-13(2)12-18(9-5-6-10-18)17(19)16-8-7-14(3)11-15(16)4/h7-8,11,13,17H,5-6,9-10,12H2,1-4H3. The van der Waals surface area contributed by atoms with Crippen LogP contribution in [0.1, 0.15) is 67.5 Å². The first-order valence-electron chi connectivity index (χ1n) is 7.66. The summed E-state index contributed by atoms with van der Waals surface area (Å²) in [5, 5.41) is 0. The van der Waals surface area contributed by atoms with Crippen LogP contribution in [0.15, 0.2) is 18.2 Å². The fourth-order valence-electron chi connectivity index (χ4n) is 3.89. The maximum Gasteiger partial charge on any atom is 0.0454 e. The Morgan fingerprint density at radius 1 is 1.16 bits per heavy atom. The molecule has 0 N–H and O–H groups in total. The predicted octanol–water partition coefficient (Wildman–Crippen LogP) is 6.35. The van der Waals surface area contributed by atoms with Gasteiger partial charge in [0.2, 0.25) is 0 Å². The average Bonchev–Trinajstić information content (AvgIpc) is 2.77. The fraction of sp³-hybridized carbons (Fsp3) is 0.667. The number of halogens is 1. The van der Waals surface area contributed by atoms with Crippen molar-refractivity contribution in [2.24, 2.45) is 11.3 Å². The van der Waals surface area contributed by atoms with Crippen LogP contribution in [0.25, 0.3) is 0 Å². The van der Waals surface area contributed by atoms with Crippen LogP contribution in [0, 0.1) is 25.2 Å². The first kappa shape index (κ1) is 15.1. The predicted molar refractivity (Wildman–Crippen MR) is 87.9 cm³/mol. The molecule has 0 spiro atoms. The summed E-state index contributed by atoms with van der Waals surface area (Å²) in [6.45, 7) is 9.16. The molecule has 0 heterocycles. The van der Waals surface area contributed by atoms with Crippen LogP contribution in [0.4, 0.5) is 0 Å². The molecule has 0 aliphatic heterocycles. The highest BCUT2D eigenvalue weighted by atomic mass is 79.9. The largest absolute Gasteiger partial charge is 0.0833 e. The number of aryl methyl sites for hydroxylation is 2. The third-order valence-corrected chi connectivity index (χ3v) is 6.11. The highest BCUT2D eigenvalue weighted by Gasteiger charge is 2.41. The van der Waals surface area contributed by atoms with Gasteiger partial charge in [-0.3, -0.25) is 0 Å². The van der Waals surface area contributed by atoms with Crippen molar-refractivity contribution in [1.29, 1.82) is 0 Å². The lowest BCUT2D eigenvalue weighted by molar-refractivity contribution is 0.230. The van der Waals surface area contributed by atoms with Gasteiger partial charge in [0, 0.05) is 4.83 Å². The fourth-order valence-corrected chi connectivity index (χ4v) is 5.05. The Hall–Kier alpha value is -0.300. The van der Waals surface area contributed by atoms with E-state index in [0.29, 0.717) is 10.2 Å². The Morgan fingerprint density at radius 2 is 1.79 bits per heavy atom. The van der Waals surface area contributed by atoms with E-state index >= 15 is 0 Å². The van der Waals surface area contributed by atoms with Crippen LogP contribution >= 0.6 is 15.9 Å². The minimum absolute atomic E-state index is 0.480. The number of alkyl halides is 1. The average molecular weight is 323 g/mol. The summed E-state index contributed by atoms with van der Waals surface area (Å²) in [5.74, 6) is 0.781. The summed E-state index contributed by atoms with van der Waals surface area (Å²) in [6.07, 6.45) is 6.92. The van der Waals surface area contributed by atoms with Gasteiger partial charge in [0.25, 0.3) is 0 Å². The Bertz CT molecular complexity index is 427. The molecule has 1 aromatic carbocycles. The Balaban J connectivity index is 2.31. The van der Waals surface area contributed by atoms with E-state index in [0.717, 1.165) is 5.92 Å². The normalized spacial score (nSPS) is 19.9. The minimum atomic E-state index is 0.480. The quantitative estimate of drug-likeness (QED) is 0.567. The molecular weight excluding hydrogens is 296 g/mol. The van der Waals surface area contributed by atoms with Crippen molar-refractivity contribution in [3.05, 3.63) is 34.9 Å². The van der Waals surface area contributed by atoms with Crippen molar-refractivity contribution < 1.29 is 0 Å². The molecule has 0 radical (unpaired) electrons. The molecule has 106 valence electrons. The third kappa shape index (κ3) is 3.24. The van der Waals surface area contributed by atoms with E-state index in [1.165, 1.54) is 48.8 Å². The lowest BCUT2D eigenvalue weighted by Gasteiger charge is -2.37. The Labute approximate surface area is 127 Å². The summed E-state index contributed by atoms with van der Waals surface area (Å²) in [7, 11) is 0. The minimum Gasteiger partial charge on any atom is -0.0833 e. The van der Waals surface area contributed by atoms with Gasteiger partial charge in [-0.1, -0.05) is 66.4 Å². The lowest BCUT2D eigenvalue weighted by atomic mass is 9.73. The molecule has 1 unspecified atom stereocenters. The van der Waals surface area contributed by atoms with E-state index in [1.807, 2.05) is 0 Å². The topological polar surface area (TPSA) is 0 Å². The Morgan fingerprint density at radius 3 is 2.32 bits per heavy atom. The van der Waals surface area contributed by atoms with Crippen molar-refractivity contribution in [3.8, 4) is 0 Å². The molecule has 1 atom stereocenters. The van der Waals surface area contributed by atoms with Crippen LogP contribution in [-0.4, -0.2) is 0 Å². The molecule has 0 bridgehead atoms. The number of rotatable bonds is 4. The van der Waals surface area contributed by atoms with E-state index < -0.39 is 0 Å². The summed E-state index contributed by atoms with van der Waals surface area (Å²) in [6, 6.07) is 6.92. The van der Waals surface area contributed by atoms with Gasteiger partial charge in [-0.25, -0.2) is 0 Å². The van der Waals surface area contributed by atoms with Gasteiger partial charge >= 0.3 is 0 Å². The van der Waals surface area contributed by atoms with Crippen molar-refractivity contribution in [2.45, 2.75) is 64.6 Å². The zero-order chi connectivity index (χ0) is 14.0. The second kappa shape index (κ2) is 5.99. The van der Waals surface area contributed by atoms with Gasteiger partial charge in [0.15, 0.2) is 0 Å². The second-order valence-corrected chi connectivity index (χ2v) is 7.81. The number of hydrogen-bond acceptors (Lipinski definition) is 0. The Kier molecular flexibility index (Phi) is 4.76.